The van der Waals surface area contributed by atoms with Crippen LogP contribution >= 0.6 is 0 Å². The first-order valence-corrected chi connectivity index (χ1v) is 4.76. The SMILES string of the molecule is NC(=O)c1ccc(-c2ccc(=O)[nH]c2)cc1. The van der Waals surface area contributed by atoms with Crippen LogP contribution in [0.2, 0.25) is 0 Å². The van der Waals surface area contributed by atoms with E-state index < -0.39 is 5.91 Å². The molecule has 1 heterocycles. The summed E-state index contributed by atoms with van der Waals surface area (Å²) in [5.41, 5.74) is 7.26. The van der Waals surface area contributed by atoms with E-state index in [4.69, 9.17) is 5.73 Å². The van der Waals surface area contributed by atoms with Crippen LogP contribution in [0.3, 0.4) is 0 Å². The first-order chi connectivity index (χ1) is 7.66. The van der Waals surface area contributed by atoms with Gasteiger partial charge in [-0.05, 0) is 29.3 Å². The lowest BCUT2D eigenvalue weighted by Crippen LogP contribution is -2.10. The van der Waals surface area contributed by atoms with Crippen LogP contribution in [0.5, 0.6) is 0 Å². The minimum Gasteiger partial charge on any atom is -0.366 e. The summed E-state index contributed by atoms with van der Waals surface area (Å²) in [4.78, 5) is 24.3. The number of hydrogen-bond acceptors (Lipinski definition) is 2. The molecule has 1 aromatic carbocycles. The quantitative estimate of drug-likeness (QED) is 0.786. The zero-order valence-electron chi connectivity index (χ0n) is 8.44. The van der Waals surface area contributed by atoms with Gasteiger partial charge in [0.15, 0.2) is 0 Å². The van der Waals surface area contributed by atoms with Gasteiger partial charge in [-0.25, -0.2) is 0 Å². The Morgan fingerprint density at radius 3 is 2.12 bits per heavy atom. The summed E-state index contributed by atoms with van der Waals surface area (Å²) in [5.74, 6) is -0.451. The summed E-state index contributed by atoms with van der Waals surface area (Å²) in [6.45, 7) is 0. The normalized spacial score (nSPS) is 10.0. The zero-order chi connectivity index (χ0) is 11.5. The fourth-order valence-corrected chi connectivity index (χ4v) is 1.42. The molecule has 0 aliphatic carbocycles. The molecule has 0 atom stereocenters. The lowest BCUT2D eigenvalue weighted by atomic mass is 10.1. The Labute approximate surface area is 91.7 Å². The van der Waals surface area contributed by atoms with Crippen LogP contribution < -0.4 is 11.3 Å². The highest BCUT2D eigenvalue weighted by molar-refractivity contribution is 5.93. The van der Waals surface area contributed by atoms with E-state index in [9.17, 15) is 9.59 Å². The Hall–Kier alpha value is -2.36. The molecule has 0 radical (unpaired) electrons. The molecule has 0 unspecified atom stereocenters. The van der Waals surface area contributed by atoms with Crippen LogP contribution in [-0.4, -0.2) is 10.9 Å². The highest BCUT2D eigenvalue weighted by Gasteiger charge is 2.01. The molecule has 3 N–H and O–H groups in total. The number of H-pyrrole nitrogens is 1. The molecule has 0 saturated carbocycles. The third kappa shape index (κ3) is 2.00. The molecule has 4 heteroatoms. The minimum absolute atomic E-state index is 0.141. The van der Waals surface area contributed by atoms with Gasteiger partial charge < -0.3 is 10.7 Å². The van der Waals surface area contributed by atoms with Crippen molar-refractivity contribution in [1.29, 1.82) is 0 Å². The summed E-state index contributed by atoms with van der Waals surface area (Å²) < 4.78 is 0. The van der Waals surface area contributed by atoms with E-state index in [1.54, 1.807) is 36.5 Å². The molecule has 2 rings (SSSR count). The van der Waals surface area contributed by atoms with Gasteiger partial charge in [-0.15, -0.1) is 0 Å². The lowest BCUT2D eigenvalue weighted by Gasteiger charge is -2.01. The topological polar surface area (TPSA) is 76.0 Å². The Morgan fingerprint density at radius 2 is 1.62 bits per heavy atom. The van der Waals surface area contributed by atoms with Gasteiger partial charge in [-0.1, -0.05) is 12.1 Å². The van der Waals surface area contributed by atoms with Crippen molar-refractivity contribution in [1.82, 2.24) is 4.98 Å². The maximum absolute atomic E-state index is 10.9. The molecule has 0 aliphatic heterocycles. The second-order valence-corrected chi connectivity index (χ2v) is 3.38. The van der Waals surface area contributed by atoms with E-state index in [1.165, 1.54) is 6.07 Å². The fraction of sp³-hybridized carbons (Fsp3) is 0. The molecule has 2 aromatic rings. The first kappa shape index (κ1) is 10.2. The van der Waals surface area contributed by atoms with Gasteiger partial charge in [-0.2, -0.15) is 0 Å². The van der Waals surface area contributed by atoms with Gasteiger partial charge in [-0.3, -0.25) is 9.59 Å². The third-order valence-corrected chi connectivity index (χ3v) is 2.29. The second-order valence-electron chi connectivity index (χ2n) is 3.38. The number of pyridine rings is 1. The smallest absolute Gasteiger partial charge is 0.248 e. The van der Waals surface area contributed by atoms with E-state index in [0.29, 0.717) is 5.56 Å². The van der Waals surface area contributed by atoms with Crippen molar-refractivity contribution in [2.24, 2.45) is 5.73 Å². The summed E-state index contributed by atoms with van der Waals surface area (Å²) in [6.07, 6.45) is 1.63. The van der Waals surface area contributed by atoms with E-state index >= 15 is 0 Å². The van der Waals surface area contributed by atoms with Crippen LogP contribution in [0.4, 0.5) is 0 Å². The average molecular weight is 214 g/mol. The predicted molar refractivity (Wildman–Crippen MR) is 61.0 cm³/mol. The number of aromatic nitrogens is 1. The van der Waals surface area contributed by atoms with E-state index in [0.717, 1.165) is 11.1 Å². The standard InChI is InChI=1S/C12H10N2O2/c13-12(16)9-3-1-8(2-4-9)10-5-6-11(15)14-7-10/h1-7H,(H2,13,16)(H,14,15). The number of primary amides is 1. The Kier molecular flexibility index (Phi) is 2.55. The van der Waals surface area contributed by atoms with E-state index in [-0.39, 0.29) is 5.56 Å². The van der Waals surface area contributed by atoms with Crippen molar-refractivity contribution < 1.29 is 4.79 Å². The Morgan fingerprint density at radius 1 is 1.00 bits per heavy atom. The minimum atomic E-state index is -0.451. The Bertz CT molecular complexity index is 550. The molecular weight excluding hydrogens is 204 g/mol. The summed E-state index contributed by atoms with van der Waals surface area (Å²) in [5, 5.41) is 0. The molecular formula is C12H10N2O2. The number of hydrogen-bond donors (Lipinski definition) is 2. The van der Waals surface area contributed by atoms with Crippen LogP contribution in [0.15, 0.2) is 47.4 Å². The number of carbonyl (C=O) groups is 1. The molecule has 0 fully saturated rings. The predicted octanol–water partition coefficient (Wildman–Crippen LogP) is 1.14. The first-order valence-electron chi connectivity index (χ1n) is 4.76. The number of carbonyl (C=O) groups excluding carboxylic acids is 1. The summed E-state index contributed by atoms with van der Waals surface area (Å²) >= 11 is 0. The second kappa shape index (κ2) is 4.02. The number of nitrogens with two attached hydrogens (primary N) is 1. The van der Waals surface area contributed by atoms with Gasteiger partial charge >= 0.3 is 0 Å². The molecule has 4 nitrogen and oxygen atoms in total. The third-order valence-electron chi connectivity index (χ3n) is 2.29. The largest absolute Gasteiger partial charge is 0.366 e. The van der Waals surface area contributed by atoms with Gasteiger partial charge in [0.05, 0.1) is 0 Å². The Balaban J connectivity index is 2.38. The summed E-state index contributed by atoms with van der Waals surface area (Å²) in [6, 6.07) is 10.1. The molecule has 0 saturated heterocycles. The van der Waals surface area contributed by atoms with Crippen molar-refractivity contribution >= 4 is 5.91 Å². The highest BCUT2D eigenvalue weighted by atomic mass is 16.1. The van der Waals surface area contributed by atoms with Crippen molar-refractivity contribution in [3.05, 3.63) is 58.5 Å². The molecule has 80 valence electrons. The monoisotopic (exact) mass is 214 g/mol. The number of rotatable bonds is 2. The molecule has 0 spiro atoms. The van der Waals surface area contributed by atoms with Crippen LogP contribution in [0.1, 0.15) is 10.4 Å². The molecule has 0 bridgehead atoms. The highest BCUT2D eigenvalue weighted by Crippen LogP contribution is 2.17. The molecule has 1 aromatic heterocycles. The number of aromatic amines is 1. The average Bonchev–Trinajstić information content (AvgIpc) is 2.30. The number of benzene rings is 1. The maximum Gasteiger partial charge on any atom is 0.248 e. The van der Waals surface area contributed by atoms with Gasteiger partial charge in [0.2, 0.25) is 11.5 Å². The van der Waals surface area contributed by atoms with Crippen molar-refractivity contribution in [2.75, 3.05) is 0 Å². The van der Waals surface area contributed by atoms with Crippen LogP contribution in [0, 0.1) is 0 Å². The number of amides is 1. The fourth-order valence-electron chi connectivity index (χ4n) is 1.42. The van der Waals surface area contributed by atoms with E-state index in [2.05, 4.69) is 4.98 Å². The van der Waals surface area contributed by atoms with Gasteiger partial charge in [0.25, 0.3) is 0 Å². The van der Waals surface area contributed by atoms with Gasteiger partial charge in [0.1, 0.15) is 0 Å². The van der Waals surface area contributed by atoms with Crippen molar-refractivity contribution in [2.45, 2.75) is 0 Å². The van der Waals surface area contributed by atoms with Crippen LogP contribution in [0.25, 0.3) is 11.1 Å². The summed E-state index contributed by atoms with van der Waals surface area (Å²) in [7, 11) is 0. The van der Waals surface area contributed by atoms with Crippen molar-refractivity contribution in [3.63, 3.8) is 0 Å². The van der Waals surface area contributed by atoms with Gasteiger partial charge in [0, 0.05) is 17.8 Å². The number of nitrogens with one attached hydrogen (secondary N) is 1. The molecule has 1 amide bonds. The van der Waals surface area contributed by atoms with Crippen molar-refractivity contribution in [3.8, 4) is 11.1 Å². The lowest BCUT2D eigenvalue weighted by molar-refractivity contribution is 0.100. The zero-order valence-corrected chi connectivity index (χ0v) is 8.44. The molecule has 16 heavy (non-hydrogen) atoms. The molecule has 0 aliphatic rings. The maximum atomic E-state index is 10.9. The van der Waals surface area contributed by atoms with E-state index in [1.807, 2.05) is 0 Å². The van der Waals surface area contributed by atoms with Crippen LogP contribution in [-0.2, 0) is 0 Å².